The maximum absolute atomic E-state index is 11.0. The quantitative estimate of drug-likeness (QED) is 0.435. The standard InChI is InChI=1S/C30H36N2O4/c31-21-27(29(33)15-3-1-4-16-29)23-7-11-25(12-8-23)35-19-20-36-26-13-9-24(10-14-26)28(22-32)30(34)17-5-2-6-18-30/h7-14,27-28,33-34H,1-6,15-20H2. The molecule has 2 N–H and O–H groups in total. The Kier molecular flexibility index (Phi) is 8.52. The highest BCUT2D eigenvalue weighted by Crippen LogP contribution is 2.41. The van der Waals surface area contributed by atoms with Crippen molar-refractivity contribution in [2.24, 2.45) is 0 Å². The second kappa shape index (κ2) is 11.8. The van der Waals surface area contributed by atoms with Gasteiger partial charge < -0.3 is 19.7 Å². The van der Waals surface area contributed by atoms with Gasteiger partial charge in [0.1, 0.15) is 24.7 Å². The van der Waals surface area contributed by atoms with Crippen LogP contribution < -0.4 is 9.47 Å². The van der Waals surface area contributed by atoms with Crippen LogP contribution in [0.1, 0.15) is 87.2 Å². The molecule has 0 radical (unpaired) electrons. The van der Waals surface area contributed by atoms with Gasteiger partial charge in [0.05, 0.1) is 35.2 Å². The van der Waals surface area contributed by atoms with Crippen LogP contribution in [0, 0.1) is 22.7 Å². The van der Waals surface area contributed by atoms with E-state index < -0.39 is 23.0 Å². The van der Waals surface area contributed by atoms with Gasteiger partial charge >= 0.3 is 0 Å². The Bertz CT molecular complexity index is 969. The summed E-state index contributed by atoms with van der Waals surface area (Å²) in [7, 11) is 0. The van der Waals surface area contributed by atoms with Crippen molar-refractivity contribution >= 4 is 0 Å². The zero-order chi connectivity index (χ0) is 25.4. The molecule has 2 fully saturated rings. The van der Waals surface area contributed by atoms with Crippen molar-refractivity contribution in [2.75, 3.05) is 13.2 Å². The summed E-state index contributed by atoms with van der Waals surface area (Å²) in [6.45, 7) is 0.709. The minimum Gasteiger partial charge on any atom is -0.490 e. The highest BCUT2D eigenvalue weighted by molar-refractivity contribution is 5.36. The number of nitriles is 2. The average Bonchev–Trinajstić information content (AvgIpc) is 2.90. The fourth-order valence-corrected chi connectivity index (χ4v) is 5.75. The Morgan fingerprint density at radius 3 is 1.25 bits per heavy atom. The van der Waals surface area contributed by atoms with E-state index in [1.807, 2.05) is 48.5 Å². The largest absolute Gasteiger partial charge is 0.490 e. The summed E-state index contributed by atoms with van der Waals surface area (Å²) in [5, 5.41) is 41.4. The Morgan fingerprint density at radius 2 is 0.944 bits per heavy atom. The summed E-state index contributed by atoms with van der Waals surface area (Å²) < 4.78 is 11.6. The molecule has 0 amide bonds. The molecule has 36 heavy (non-hydrogen) atoms. The molecule has 2 aliphatic rings. The number of nitrogens with zero attached hydrogens (tertiary/aromatic N) is 2. The molecule has 2 aliphatic carbocycles. The summed E-state index contributed by atoms with van der Waals surface area (Å²) >= 11 is 0. The minimum absolute atomic E-state index is 0.354. The Morgan fingerprint density at radius 1 is 0.611 bits per heavy atom. The van der Waals surface area contributed by atoms with Crippen LogP contribution in [-0.4, -0.2) is 34.6 Å². The van der Waals surface area contributed by atoms with Gasteiger partial charge in [0.15, 0.2) is 0 Å². The first kappa shape index (κ1) is 26.0. The lowest BCUT2D eigenvalue weighted by Gasteiger charge is -2.36. The summed E-state index contributed by atoms with van der Waals surface area (Å²) in [4.78, 5) is 0. The number of rotatable bonds is 9. The van der Waals surface area contributed by atoms with Crippen molar-refractivity contribution < 1.29 is 19.7 Å². The fraction of sp³-hybridized carbons (Fsp3) is 0.533. The zero-order valence-electron chi connectivity index (χ0n) is 20.9. The number of ether oxygens (including phenoxy) is 2. The van der Waals surface area contributed by atoms with Gasteiger partial charge in [-0.1, -0.05) is 62.8 Å². The summed E-state index contributed by atoms with van der Waals surface area (Å²) in [5.74, 6) is 0.306. The Hall–Kier alpha value is -3.06. The van der Waals surface area contributed by atoms with E-state index in [1.54, 1.807) is 0 Å². The molecular formula is C30H36N2O4. The molecule has 0 aliphatic heterocycles. The summed E-state index contributed by atoms with van der Waals surface area (Å²) in [5.41, 5.74) is -0.251. The fourth-order valence-electron chi connectivity index (χ4n) is 5.75. The number of aliphatic hydroxyl groups is 2. The van der Waals surface area contributed by atoms with Crippen molar-refractivity contribution in [3.05, 3.63) is 59.7 Å². The van der Waals surface area contributed by atoms with E-state index in [2.05, 4.69) is 12.1 Å². The van der Waals surface area contributed by atoms with Gasteiger partial charge in [0, 0.05) is 0 Å². The van der Waals surface area contributed by atoms with E-state index in [-0.39, 0.29) is 0 Å². The Labute approximate surface area is 214 Å². The molecule has 0 spiro atoms. The number of hydrogen-bond acceptors (Lipinski definition) is 6. The third kappa shape index (κ3) is 6.01. The summed E-state index contributed by atoms with van der Waals surface area (Å²) in [6, 6.07) is 19.4. The van der Waals surface area contributed by atoms with Gasteiger partial charge in [-0.25, -0.2) is 0 Å². The van der Waals surface area contributed by atoms with Crippen molar-refractivity contribution in [3.8, 4) is 23.6 Å². The molecule has 2 aromatic rings. The van der Waals surface area contributed by atoms with Gasteiger partial charge in [-0.05, 0) is 61.1 Å². The first-order valence-electron chi connectivity index (χ1n) is 13.2. The molecule has 0 bridgehead atoms. The molecule has 190 valence electrons. The van der Waals surface area contributed by atoms with Gasteiger partial charge in [0.2, 0.25) is 0 Å². The van der Waals surface area contributed by atoms with Gasteiger partial charge in [0.25, 0.3) is 0 Å². The monoisotopic (exact) mass is 488 g/mol. The third-order valence-electron chi connectivity index (χ3n) is 7.82. The molecule has 2 aromatic carbocycles. The topological polar surface area (TPSA) is 106 Å². The highest BCUT2D eigenvalue weighted by Gasteiger charge is 2.40. The second-order valence-electron chi connectivity index (χ2n) is 10.3. The maximum atomic E-state index is 11.0. The molecule has 0 heterocycles. The third-order valence-corrected chi connectivity index (χ3v) is 7.82. The number of benzene rings is 2. The van der Waals surface area contributed by atoms with Crippen LogP contribution in [-0.2, 0) is 0 Å². The van der Waals surface area contributed by atoms with E-state index in [0.717, 1.165) is 49.7 Å². The zero-order valence-corrected chi connectivity index (χ0v) is 20.9. The molecule has 4 rings (SSSR count). The molecule has 0 saturated heterocycles. The average molecular weight is 489 g/mol. The Balaban J connectivity index is 1.26. The number of hydrogen-bond donors (Lipinski definition) is 2. The highest BCUT2D eigenvalue weighted by atomic mass is 16.5. The lowest BCUT2D eigenvalue weighted by Crippen LogP contribution is -2.37. The molecule has 2 saturated carbocycles. The van der Waals surface area contributed by atoms with Crippen LogP contribution >= 0.6 is 0 Å². The lowest BCUT2D eigenvalue weighted by molar-refractivity contribution is -0.00755. The SMILES string of the molecule is N#CC(c1ccc(OCCOc2ccc(C(C#N)C3(O)CCCCC3)cc2)cc1)C1(O)CCCCC1. The van der Waals surface area contributed by atoms with Crippen LogP contribution in [0.2, 0.25) is 0 Å². The summed E-state index contributed by atoms with van der Waals surface area (Å²) in [6.07, 6.45) is 8.73. The van der Waals surface area contributed by atoms with Crippen molar-refractivity contribution in [3.63, 3.8) is 0 Å². The molecule has 6 heteroatoms. The van der Waals surface area contributed by atoms with E-state index >= 15 is 0 Å². The van der Waals surface area contributed by atoms with Crippen molar-refractivity contribution in [2.45, 2.75) is 87.2 Å². The molecule has 0 aromatic heterocycles. The van der Waals surface area contributed by atoms with Crippen LogP contribution in [0.4, 0.5) is 0 Å². The molecule has 6 nitrogen and oxygen atoms in total. The van der Waals surface area contributed by atoms with E-state index in [1.165, 1.54) is 0 Å². The van der Waals surface area contributed by atoms with Gasteiger partial charge in [-0.2, -0.15) is 10.5 Å². The lowest BCUT2D eigenvalue weighted by atomic mass is 9.73. The normalized spacial score (nSPS) is 20.3. The van der Waals surface area contributed by atoms with Crippen molar-refractivity contribution in [1.82, 2.24) is 0 Å². The maximum Gasteiger partial charge on any atom is 0.122 e. The molecule has 2 atom stereocenters. The second-order valence-corrected chi connectivity index (χ2v) is 10.3. The van der Waals surface area contributed by atoms with Gasteiger partial charge in [-0.3, -0.25) is 0 Å². The first-order valence-corrected chi connectivity index (χ1v) is 13.2. The van der Waals surface area contributed by atoms with Crippen LogP contribution in [0.3, 0.4) is 0 Å². The smallest absolute Gasteiger partial charge is 0.122 e. The van der Waals surface area contributed by atoms with Gasteiger partial charge in [-0.15, -0.1) is 0 Å². The predicted molar refractivity (Wildman–Crippen MR) is 137 cm³/mol. The van der Waals surface area contributed by atoms with Crippen LogP contribution in [0.15, 0.2) is 48.5 Å². The first-order chi connectivity index (χ1) is 17.5. The van der Waals surface area contributed by atoms with Crippen molar-refractivity contribution in [1.29, 1.82) is 10.5 Å². The minimum atomic E-state index is -0.944. The van der Waals surface area contributed by atoms with E-state index in [4.69, 9.17) is 9.47 Å². The molecular weight excluding hydrogens is 452 g/mol. The van der Waals surface area contributed by atoms with Crippen LogP contribution in [0.25, 0.3) is 0 Å². The predicted octanol–water partition coefficient (Wildman–Crippen LogP) is 5.75. The van der Waals surface area contributed by atoms with E-state index in [9.17, 15) is 20.7 Å². The van der Waals surface area contributed by atoms with E-state index in [0.29, 0.717) is 50.4 Å². The molecule has 2 unspecified atom stereocenters. The van der Waals surface area contributed by atoms with Crippen LogP contribution in [0.5, 0.6) is 11.5 Å².